The third kappa shape index (κ3) is 5.79. The van der Waals surface area contributed by atoms with Crippen molar-refractivity contribution < 1.29 is 27.9 Å². The summed E-state index contributed by atoms with van der Waals surface area (Å²) in [7, 11) is 0. The molecule has 2 N–H and O–H groups in total. The van der Waals surface area contributed by atoms with Crippen molar-refractivity contribution in [3.05, 3.63) is 0 Å². The zero-order valence-electron chi connectivity index (χ0n) is 11.2. The number of carboxylic acids is 1. The number of hydrogen-bond donors (Lipinski definition) is 2. The van der Waals surface area contributed by atoms with Gasteiger partial charge in [-0.2, -0.15) is 13.2 Å². The Bertz CT molecular complexity index is 336. The van der Waals surface area contributed by atoms with Gasteiger partial charge in [-0.1, -0.05) is 38.5 Å². The molecule has 0 heterocycles. The highest BCUT2D eigenvalue weighted by atomic mass is 19.4. The molecule has 116 valence electrons. The number of carbonyl (C=O) groups is 2. The molecule has 1 aliphatic rings. The lowest BCUT2D eigenvalue weighted by atomic mass is 9.84. The Labute approximate surface area is 115 Å². The molecule has 1 fully saturated rings. The molecule has 7 heteroatoms. The highest BCUT2D eigenvalue weighted by Gasteiger charge is 2.39. The van der Waals surface area contributed by atoms with Crippen molar-refractivity contribution in [1.82, 2.24) is 5.32 Å². The van der Waals surface area contributed by atoms with Gasteiger partial charge in [0.25, 0.3) is 0 Å². The van der Waals surface area contributed by atoms with E-state index in [0.717, 1.165) is 38.5 Å². The van der Waals surface area contributed by atoms with Crippen LogP contribution in [0.15, 0.2) is 0 Å². The van der Waals surface area contributed by atoms with Crippen molar-refractivity contribution in [3.8, 4) is 0 Å². The molecule has 1 unspecified atom stereocenters. The SMILES string of the molecule is O=C(O)CC(CNC(=O)C(F)(F)F)C1CCCCCC1. The molecule has 1 saturated carbocycles. The van der Waals surface area contributed by atoms with Crippen molar-refractivity contribution >= 4 is 11.9 Å². The molecule has 4 nitrogen and oxygen atoms in total. The fourth-order valence-electron chi connectivity index (χ4n) is 2.74. The summed E-state index contributed by atoms with van der Waals surface area (Å²) < 4.78 is 36.4. The predicted molar refractivity (Wildman–Crippen MR) is 66.0 cm³/mol. The number of rotatable bonds is 5. The Morgan fingerprint density at radius 3 is 2.15 bits per heavy atom. The Morgan fingerprint density at radius 2 is 1.70 bits per heavy atom. The van der Waals surface area contributed by atoms with Crippen LogP contribution in [-0.2, 0) is 9.59 Å². The van der Waals surface area contributed by atoms with Gasteiger partial charge in [0.15, 0.2) is 0 Å². The molecule has 1 atom stereocenters. The Balaban J connectivity index is 2.59. The smallest absolute Gasteiger partial charge is 0.471 e. The van der Waals surface area contributed by atoms with Gasteiger partial charge in [0.2, 0.25) is 0 Å². The predicted octanol–water partition coefficient (Wildman–Crippen LogP) is 2.73. The van der Waals surface area contributed by atoms with Gasteiger partial charge >= 0.3 is 18.1 Å². The molecule has 0 aromatic carbocycles. The summed E-state index contributed by atoms with van der Waals surface area (Å²) in [6, 6.07) is 0. The fraction of sp³-hybridized carbons (Fsp3) is 0.846. The maximum absolute atomic E-state index is 12.1. The summed E-state index contributed by atoms with van der Waals surface area (Å²) in [5, 5.41) is 10.7. The van der Waals surface area contributed by atoms with E-state index < -0.39 is 24.0 Å². The zero-order valence-corrected chi connectivity index (χ0v) is 11.2. The van der Waals surface area contributed by atoms with Crippen molar-refractivity contribution in [2.75, 3.05) is 6.54 Å². The summed E-state index contributed by atoms with van der Waals surface area (Å²) in [6.45, 7) is -0.227. The van der Waals surface area contributed by atoms with Crippen molar-refractivity contribution in [1.29, 1.82) is 0 Å². The zero-order chi connectivity index (χ0) is 15.2. The van der Waals surface area contributed by atoms with E-state index in [9.17, 15) is 22.8 Å². The molecule has 0 aromatic heterocycles. The molecule has 0 radical (unpaired) electrons. The van der Waals surface area contributed by atoms with E-state index in [2.05, 4.69) is 0 Å². The van der Waals surface area contributed by atoms with E-state index in [0.29, 0.717) is 0 Å². The molecule has 1 rings (SSSR count). The largest absolute Gasteiger partial charge is 0.481 e. The van der Waals surface area contributed by atoms with Crippen LogP contribution in [0.3, 0.4) is 0 Å². The van der Waals surface area contributed by atoms with Gasteiger partial charge in [0, 0.05) is 6.54 Å². The number of carboxylic acid groups (broad SMARTS) is 1. The summed E-state index contributed by atoms with van der Waals surface area (Å²) in [5.74, 6) is -3.40. The number of carbonyl (C=O) groups excluding carboxylic acids is 1. The normalized spacial score (nSPS) is 19.1. The van der Waals surface area contributed by atoms with E-state index in [1.165, 1.54) is 0 Å². The van der Waals surface area contributed by atoms with Gasteiger partial charge in [-0.25, -0.2) is 0 Å². The summed E-state index contributed by atoms with van der Waals surface area (Å²) in [4.78, 5) is 21.7. The first-order valence-electron chi connectivity index (χ1n) is 6.87. The molecule has 1 amide bonds. The van der Waals surface area contributed by atoms with E-state index in [1.807, 2.05) is 5.32 Å². The highest BCUT2D eigenvalue weighted by molar-refractivity contribution is 5.81. The van der Waals surface area contributed by atoms with Crippen LogP contribution in [0.25, 0.3) is 0 Å². The minimum Gasteiger partial charge on any atom is -0.481 e. The fourth-order valence-corrected chi connectivity index (χ4v) is 2.74. The lowest BCUT2D eigenvalue weighted by Crippen LogP contribution is -2.41. The summed E-state index contributed by atoms with van der Waals surface area (Å²) >= 11 is 0. The average Bonchev–Trinajstić information content (AvgIpc) is 2.61. The number of alkyl halides is 3. The van der Waals surface area contributed by atoms with Crippen molar-refractivity contribution in [3.63, 3.8) is 0 Å². The van der Waals surface area contributed by atoms with Gasteiger partial charge in [0.05, 0.1) is 6.42 Å². The second-order valence-electron chi connectivity index (χ2n) is 5.32. The van der Waals surface area contributed by atoms with Gasteiger partial charge in [-0.15, -0.1) is 0 Å². The topological polar surface area (TPSA) is 66.4 Å². The molecule has 0 spiro atoms. The number of hydrogen-bond acceptors (Lipinski definition) is 2. The van der Waals surface area contributed by atoms with Gasteiger partial charge in [0.1, 0.15) is 0 Å². The van der Waals surface area contributed by atoms with E-state index in [1.54, 1.807) is 0 Å². The number of aliphatic carboxylic acids is 1. The Kier molecular flexibility index (Phi) is 6.29. The number of amides is 1. The Hall–Kier alpha value is -1.27. The monoisotopic (exact) mass is 295 g/mol. The van der Waals surface area contributed by atoms with Crippen LogP contribution in [-0.4, -0.2) is 29.7 Å². The van der Waals surface area contributed by atoms with E-state index >= 15 is 0 Å². The Morgan fingerprint density at radius 1 is 1.15 bits per heavy atom. The van der Waals surface area contributed by atoms with Crippen LogP contribution in [0.1, 0.15) is 44.9 Å². The molecular weight excluding hydrogens is 275 g/mol. The van der Waals surface area contributed by atoms with Crippen LogP contribution in [0.4, 0.5) is 13.2 Å². The number of halogens is 3. The van der Waals surface area contributed by atoms with Crippen LogP contribution < -0.4 is 5.32 Å². The molecule has 0 bridgehead atoms. The summed E-state index contributed by atoms with van der Waals surface area (Å²) in [5.41, 5.74) is 0. The minimum absolute atomic E-state index is 0.0714. The van der Waals surface area contributed by atoms with Crippen molar-refractivity contribution in [2.24, 2.45) is 11.8 Å². The first kappa shape index (κ1) is 16.8. The lowest BCUT2D eigenvalue weighted by Gasteiger charge is -2.25. The molecule has 0 aromatic rings. The quantitative estimate of drug-likeness (QED) is 0.766. The molecule has 20 heavy (non-hydrogen) atoms. The average molecular weight is 295 g/mol. The molecule has 1 aliphatic carbocycles. The van der Waals surface area contributed by atoms with E-state index in [4.69, 9.17) is 5.11 Å². The first-order chi connectivity index (χ1) is 9.30. The third-order valence-corrected chi connectivity index (χ3v) is 3.79. The van der Waals surface area contributed by atoms with Crippen molar-refractivity contribution in [2.45, 2.75) is 51.1 Å². The van der Waals surface area contributed by atoms with Crippen LogP contribution >= 0.6 is 0 Å². The highest BCUT2D eigenvalue weighted by Crippen LogP contribution is 2.30. The molecule has 0 saturated heterocycles. The van der Waals surface area contributed by atoms with E-state index in [-0.39, 0.29) is 18.9 Å². The molecule has 0 aliphatic heterocycles. The third-order valence-electron chi connectivity index (χ3n) is 3.79. The second-order valence-corrected chi connectivity index (χ2v) is 5.32. The standard InChI is InChI=1S/C13H20F3NO3/c14-13(15,16)12(20)17-8-10(7-11(18)19)9-5-3-1-2-4-6-9/h9-10H,1-8H2,(H,17,20)(H,18,19). The van der Waals surface area contributed by atoms with Crippen LogP contribution in [0.2, 0.25) is 0 Å². The number of nitrogens with one attached hydrogen (secondary N) is 1. The molecular formula is C13H20F3NO3. The first-order valence-corrected chi connectivity index (χ1v) is 6.87. The second kappa shape index (κ2) is 7.50. The maximum atomic E-state index is 12.1. The lowest BCUT2D eigenvalue weighted by molar-refractivity contribution is -0.173. The van der Waals surface area contributed by atoms with Crippen LogP contribution in [0.5, 0.6) is 0 Å². The van der Waals surface area contributed by atoms with Gasteiger partial charge in [-0.3, -0.25) is 9.59 Å². The minimum atomic E-state index is -4.92. The van der Waals surface area contributed by atoms with Crippen LogP contribution in [0, 0.1) is 11.8 Å². The summed E-state index contributed by atoms with van der Waals surface area (Å²) in [6.07, 6.45) is 0.595. The maximum Gasteiger partial charge on any atom is 0.471 e. The van der Waals surface area contributed by atoms with Gasteiger partial charge < -0.3 is 10.4 Å². The van der Waals surface area contributed by atoms with Gasteiger partial charge in [-0.05, 0) is 11.8 Å².